The van der Waals surface area contributed by atoms with Crippen molar-refractivity contribution in [3.8, 4) is 5.75 Å². The van der Waals surface area contributed by atoms with Crippen molar-refractivity contribution in [1.29, 1.82) is 0 Å². The molecule has 3 amide bonds. The summed E-state index contributed by atoms with van der Waals surface area (Å²) in [5, 5.41) is 28.0. The number of hydrogen-bond acceptors (Lipinski definition) is 6. The zero-order valence-electron chi connectivity index (χ0n) is 24.2. The fourth-order valence-corrected chi connectivity index (χ4v) is 6.49. The maximum absolute atomic E-state index is 14.7. The first-order valence-corrected chi connectivity index (χ1v) is 14.8. The van der Waals surface area contributed by atoms with Crippen LogP contribution in [0, 0.1) is 12.7 Å². The maximum atomic E-state index is 14.7. The largest absolute Gasteiger partial charge is 0.478 e. The highest BCUT2D eigenvalue weighted by molar-refractivity contribution is 6.31. The molecular weight excluding hydrogens is 612 g/mol. The van der Waals surface area contributed by atoms with Crippen molar-refractivity contribution in [1.82, 2.24) is 10.6 Å². The number of halogens is 3. The molecule has 4 atom stereocenters. The Bertz CT molecular complexity index is 1650. The molecule has 2 aliphatic heterocycles. The Labute approximate surface area is 263 Å². The Hall–Kier alpha value is -3.70. The third kappa shape index (κ3) is 5.63. The molecule has 44 heavy (non-hydrogen) atoms. The zero-order valence-corrected chi connectivity index (χ0v) is 25.7. The quantitative estimate of drug-likeness (QED) is 0.248. The van der Waals surface area contributed by atoms with Gasteiger partial charge >= 0.3 is 0 Å². The predicted octanol–water partition coefficient (Wildman–Crippen LogP) is 4.30. The number of hydrogen-bond donors (Lipinski definition) is 5. The standard InChI is InChI=1S/C32H32Cl2FN3O6/c1-16-4-7-19(35)12-21(16)28-32(23-8-5-18(34)11-25(23)37-30(32)43)24(13-27(41)38-28)22-10-17(33)6-9-26(22)44-31(2,3)29(42)36-14-20(40)15-39/h4-12,20,24,28,39-40H,13-15H2,1-3H3,(H,36,42)(H,37,43)(H,38,41)/t20-,24+,28-,32?/m0/s1. The second kappa shape index (κ2) is 12.0. The molecule has 9 nitrogen and oxygen atoms in total. The monoisotopic (exact) mass is 643 g/mol. The first kappa shape index (κ1) is 31.7. The van der Waals surface area contributed by atoms with E-state index in [4.69, 9.17) is 33.0 Å². The molecular formula is C32H32Cl2FN3O6. The summed E-state index contributed by atoms with van der Waals surface area (Å²) in [5.41, 5.74) is -0.525. The fourth-order valence-electron chi connectivity index (χ4n) is 6.14. The highest BCUT2D eigenvalue weighted by Gasteiger charge is 2.62. The lowest BCUT2D eigenvalue weighted by molar-refractivity contribution is -0.135. The van der Waals surface area contributed by atoms with Gasteiger partial charge in [-0.1, -0.05) is 35.3 Å². The van der Waals surface area contributed by atoms with E-state index in [1.807, 2.05) is 0 Å². The van der Waals surface area contributed by atoms with E-state index in [0.717, 1.165) is 0 Å². The fraction of sp³-hybridized carbons (Fsp3) is 0.344. The molecule has 0 radical (unpaired) electrons. The number of fused-ring (bicyclic) bond motifs is 2. The summed E-state index contributed by atoms with van der Waals surface area (Å²) >= 11 is 12.8. The molecule has 2 heterocycles. The molecule has 12 heteroatoms. The summed E-state index contributed by atoms with van der Waals surface area (Å²) in [6.07, 6.45) is -1.31. The summed E-state index contributed by atoms with van der Waals surface area (Å²) in [6, 6.07) is 12.9. The number of amides is 3. The van der Waals surface area contributed by atoms with Gasteiger partial charge in [0, 0.05) is 40.2 Å². The smallest absolute Gasteiger partial charge is 0.263 e. The highest BCUT2D eigenvalue weighted by atomic mass is 35.5. The number of carbonyl (C=O) groups excluding carboxylic acids is 3. The number of anilines is 1. The van der Waals surface area contributed by atoms with Crippen molar-refractivity contribution >= 4 is 46.6 Å². The van der Waals surface area contributed by atoms with Crippen LogP contribution in [0.5, 0.6) is 5.75 Å². The molecule has 5 rings (SSSR count). The molecule has 2 aliphatic rings. The van der Waals surface area contributed by atoms with Crippen LogP contribution in [0.2, 0.25) is 10.0 Å². The number of aliphatic hydroxyl groups excluding tert-OH is 2. The van der Waals surface area contributed by atoms with Crippen LogP contribution in [0.4, 0.5) is 10.1 Å². The number of piperidine rings is 1. The van der Waals surface area contributed by atoms with Crippen LogP contribution in [0.15, 0.2) is 54.6 Å². The number of ether oxygens (including phenoxy) is 1. The van der Waals surface area contributed by atoms with Gasteiger partial charge in [0.2, 0.25) is 11.8 Å². The molecule has 0 aliphatic carbocycles. The Morgan fingerprint density at radius 3 is 2.55 bits per heavy atom. The first-order chi connectivity index (χ1) is 20.8. The Morgan fingerprint density at radius 1 is 1.11 bits per heavy atom. The molecule has 5 N–H and O–H groups in total. The van der Waals surface area contributed by atoms with Crippen molar-refractivity contribution < 1.29 is 33.7 Å². The minimum Gasteiger partial charge on any atom is -0.478 e. The zero-order chi connectivity index (χ0) is 32.0. The summed E-state index contributed by atoms with van der Waals surface area (Å²) in [7, 11) is 0. The number of rotatable bonds is 8. The second-order valence-electron chi connectivity index (χ2n) is 11.6. The number of nitrogens with one attached hydrogen (secondary N) is 3. The average molecular weight is 645 g/mol. The highest BCUT2D eigenvalue weighted by Crippen LogP contribution is 2.59. The number of benzene rings is 3. The van der Waals surface area contributed by atoms with Crippen LogP contribution in [0.1, 0.15) is 54.5 Å². The van der Waals surface area contributed by atoms with Gasteiger partial charge in [0.15, 0.2) is 5.60 Å². The molecule has 232 valence electrons. The van der Waals surface area contributed by atoms with E-state index < -0.39 is 53.3 Å². The van der Waals surface area contributed by atoms with Crippen molar-refractivity contribution in [3.63, 3.8) is 0 Å². The van der Waals surface area contributed by atoms with Gasteiger partial charge in [-0.25, -0.2) is 4.39 Å². The van der Waals surface area contributed by atoms with Crippen LogP contribution < -0.4 is 20.7 Å². The number of carbonyl (C=O) groups is 3. The molecule has 0 bridgehead atoms. The molecule has 0 saturated carbocycles. The van der Waals surface area contributed by atoms with Gasteiger partial charge in [0.05, 0.1) is 18.8 Å². The Kier molecular flexibility index (Phi) is 8.65. The predicted molar refractivity (Wildman–Crippen MR) is 163 cm³/mol. The van der Waals surface area contributed by atoms with E-state index in [9.17, 15) is 23.9 Å². The lowest BCUT2D eigenvalue weighted by Crippen LogP contribution is -2.57. The van der Waals surface area contributed by atoms with Crippen LogP contribution in [-0.2, 0) is 19.8 Å². The Balaban J connectivity index is 1.70. The van der Waals surface area contributed by atoms with Crippen molar-refractivity contribution in [2.45, 2.75) is 56.3 Å². The summed E-state index contributed by atoms with van der Waals surface area (Å²) < 4.78 is 21.0. The van der Waals surface area contributed by atoms with Gasteiger partial charge in [-0.15, -0.1) is 0 Å². The minimum atomic E-state index is -1.51. The summed E-state index contributed by atoms with van der Waals surface area (Å²) in [6.45, 7) is 4.09. The van der Waals surface area contributed by atoms with Gasteiger partial charge in [-0.3, -0.25) is 14.4 Å². The van der Waals surface area contributed by atoms with E-state index in [1.165, 1.54) is 26.0 Å². The molecule has 1 fully saturated rings. The molecule has 1 spiro atoms. The van der Waals surface area contributed by atoms with Crippen LogP contribution >= 0.6 is 23.2 Å². The molecule has 3 aromatic carbocycles. The van der Waals surface area contributed by atoms with Gasteiger partial charge in [0.25, 0.3) is 5.91 Å². The lowest BCUT2D eigenvalue weighted by atomic mass is 9.59. The average Bonchev–Trinajstić information content (AvgIpc) is 3.25. The van der Waals surface area contributed by atoms with E-state index in [0.29, 0.717) is 38.0 Å². The van der Waals surface area contributed by atoms with Crippen LogP contribution in [-0.4, -0.2) is 52.8 Å². The summed E-state index contributed by atoms with van der Waals surface area (Å²) in [5.74, 6) is -2.62. The Morgan fingerprint density at radius 2 is 1.82 bits per heavy atom. The third-order valence-electron chi connectivity index (χ3n) is 8.27. The number of aliphatic hydroxyl groups is 2. The molecule has 0 aromatic heterocycles. The van der Waals surface area contributed by atoms with Crippen molar-refractivity contribution in [3.05, 3.63) is 92.7 Å². The minimum absolute atomic E-state index is 0.160. The van der Waals surface area contributed by atoms with Gasteiger partial charge in [0.1, 0.15) is 17.0 Å². The summed E-state index contributed by atoms with van der Waals surface area (Å²) in [4.78, 5) is 40.9. The third-order valence-corrected chi connectivity index (χ3v) is 8.74. The van der Waals surface area contributed by atoms with E-state index in [1.54, 1.807) is 49.4 Å². The van der Waals surface area contributed by atoms with Crippen LogP contribution in [0.25, 0.3) is 0 Å². The topological polar surface area (TPSA) is 137 Å². The van der Waals surface area contributed by atoms with E-state index in [2.05, 4.69) is 16.0 Å². The SMILES string of the molecule is Cc1ccc(F)cc1[C@@H]1NC(=O)C[C@H](c2cc(Cl)ccc2OC(C)(C)C(=O)NC[C@H](O)CO)C12C(=O)Nc1cc(Cl)ccc12. The van der Waals surface area contributed by atoms with Crippen molar-refractivity contribution in [2.75, 3.05) is 18.5 Å². The molecule has 1 saturated heterocycles. The van der Waals surface area contributed by atoms with E-state index >= 15 is 0 Å². The van der Waals surface area contributed by atoms with Gasteiger partial charge < -0.3 is 30.9 Å². The second-order valence-corrected chi connectivity index (χ2v) is 12.5. The molecule has 3 aromatic rings. The molecule has 1 unspecified atom stereocenters. The van der Waals surface area contributed by atoms with Gasteiger partial charge in [-0.05, 0) is 79.9 Å². The van der Waals surface area contributed by atoms with Gasteiger partial charge in [-0.2, -0.15) is 0 Å². The normalized spacial score (nSPS) is 21.8. The van der Waals surface area contributed by atoms with Crippen molar-refractivity contribution in [2.24, 2.45) is 0 Å². The number of aryl methyl sites for hydroxylation is 1. The van der Waals surface area contributed by atoms with Crippen LogP contribution in [0.3, 0.4) is 0 Å². The van der Waals surface area contributed by atoms with E-state index in [-0.39, 0.29) is 24.6 Å². The maximum Gasteiger partial charge on any atom is 0.263 e. The lowest BCUT2D eigenvalue weighted by Gasteiger charge is -2.47. The first-order valence-electron chi connectivity index (χ1n) is 14.0.